The number of amides is 1. The van der Waals surface area contributed by atoms with Crippen LogP contribution in [0.25, 0.3) is 0 Å². The fourth-order valence-corrected chi connectivity index (χ4v) is 2.32. The predicted octanol–water partition coefficient (Wildman–Crippen LogP) is 3.19. The van der Waals surface area contributed by atoms with Crippen molar-refractivity contribution in [1.82, 2.24) is 0 Å². The lowest BCUT2D eigenvalue weighted by molar-refractivity contribution is -0.116. The van der Waals surface area contributed by atoms with Crippen LogP contribution in [0.3, 0.4) is 0 Å². The molecule has 4 nitrogen and oxygen atoms in total. The Morgan fingerprint density at radius 1 is 1.20 bits per heavy atom. The molecule has 0 aliphatic heterocycles. The number of thiophene rings is 1. The lowest BCUT2D eigenvalue weighted by atomic mass is 10.2. The summed E-state index contributed by atoms with van der Waals surface area (Å²) >= 11 is 1.31. The number of phenols is 1. The SMILES string of the molecule is O=C(CCC(=O)c1cccs1)Nc1c(O)cccc1F. The van der Waals surface area contributed by atoms with E-state index in [0.29, 0.717) is 4.88 Å². The molecule has 0 radical (unpaired) electrons. The topological polar surface area (TPSA) is 66.4 Å². The molecule has 0 aliphatic carbocycles. The van der Waals surface area contributed by atoms with Crippen molar-refractivity contribution in [3.8, 4) is 5.75 Å². The van der Waals surface area contributed by atoms with Crippen LogP contribution >= 0.6 is 11.3 Å². The fraction of sp³-hybridized carbons (Fsp3) is 0.143. The molecule has 0 saturated carbocycles. The van der Waals surface area contributed by atoms with E-state index < -0.39 is 11.7 Å². The highest BCUT2D eigenvalue weighted by Gasteiger charge is 2.13. The van der Waals surface area contributed by atoms with Crippen molar-refractivity contribution in [1.29, 1.82) is 0 Å². The van der Waals surface area contributed by atoms with Crippen molar-refractivity contribution in [2.75, 3.05) is 5.32 Å². The smallest absolute Gasteiger partial charge is 0.225 e. The van der Waals surface area contributed by atoms with Gasteiger partial charge in [0.2, 0.25) is 5.91 Å². The molecule has 20 heavy (non-hydrogen) atoms. The van der Waals surface area contributed by atoms with Crippen LogP contribution in [0.2, 0.25) is 0 Å². The van der Waals surface area contributed by atoms with Crippen LogP contribution in [-0.4, -0.2) is 16.8 Å². The summed E-state index contributed by atoms with van der Waals surface area (Å²) in [7, 11) is 0. The van der Waals surface area contributed by atoms with Crippen LogP contribution in [0.4, 0.5) is 10.1 Å². The number of hydrogen-bond acceptors (Lipinski definition) is 4. The van der Waals surface area contributed by atoms with Crippen LogP contribution in [0.15, 0.2) is 35.7 Å². The minimum absolute atomic E-state index is 0.0432. The quantitative estimate of drug-likeness (QED) is 0.657. The van der Waals surface area contributed by atoms with Crippen molar-refractivity contribution < 1.29 is 19.1 Å². The summed E-state index contributed by atoms with van der Waals surface area (Å²) in [6, 6.07) is 7.19. The van der Waals surface area contributed by atoms with Gasteiger partial charge in [-0.15, -0.1) is 11.3 Å². The van der Waals surface area contributed by atoms with Crippen LogP contribution < -0.4 is 5.32 Å². The summed E-state index contributed by atoms with van der Waals surface area (Å²) in [6.45, 7) is 0. The molecule has 104 valence electrons. The zero-order chi connectivity index (χ0) is 14.5. The Morgan fingerprint density at radius 2 is 2.00 bits per heavy atom. The monoisotopic (exact) mass is 293 g/mol. The molecule has 0 aliphatic rings. The van der Waals surface area contributed by atoms with Crippen molar-refractivity contribution in [3.63, 3.8) is 0 Å². The van der Waals surface area contributed by atoms with Gasteiger partial charge in [-0.2, -0.15) is 0 Å². The maximum Gasteiger partial charge on any atom is 0.225 e. The summed E-state index contributed by atoms with van der Waals surface area (Å²) < 4.78 is 13.4. The zero-order valence-corrected chi connectivity index (χ0v) is 11.2. The average Bonchev–Trinajstić information content (AvgIpc) is 2.94. The summed E-state index contributed by atoms with van der Waals surface area (Å²) in [5.41, 5.74) is -0.263. The molecule has 0 atom stereocenters. The van der Waals surface area contributed by atoms with E-state index in [0.717, 1.165) is 6.07 Å². The summed E-state index contributed by atoms with van der Waals surface area (Å²) in [4.78, 5) is 23.9. The van der Waals surface area contributed by atoms with Crippen molar-refractivity contribution in [3.05, 3.63) is 46.4 Å². The van der Waals surface area contributed by atoms with Gasteiger partial charge in [0, 0.05) is 12.8 Å². The molecule has 6 heteroatoms. The number of halogens is 1. The van der Waals surface area contributed by atoms with Gasteiger partial charge in [-0.05, 0) is 23.6 Å². The van der Waals surface area contributed by atoms with E-state index in [1.54, 1.807) is 17.5 Å². The van der Waals surface area contributed by atoms with E-state index in [4.69, 9.17) is 0 Å². The van der Waals surface area contributed by atoms with Gasteiger partial charge < -0.3 is 10.4 Å². The number of Topliss-reactive ketones (excluding diaryl/α,β-unsaturated/α-hetero) is 1. The second kappa shape index (κ2) is 6.29. The molecule has 2 rings (SSSR count). The van der Waals surface area contributed by atoms with Gasteiger partial charge in [0.25, 0.3) is 0 Å². The van der Waals surface area contributed by atoms with Gasteiger partial charge in [0.1, 0.15) is 11.4 Å². The molecular weight excluding hydrogens is 281 g/mol. The number of aromatic hydroxyl groups is 1. The van der Waals surface area contributed by atoms with Gasteiger partial charge in [-0.3, -0.25) is 9.59 Å². The maximum absolute atomic E-state index is 13.4. The van der Waals surface area contributed by atoms with Gasteiger partial charge in [-0.25, -0.2) is 4.39 Å². The Morgan fingerprint density at radius 3 is 2.65 bits per heavy atom. The van der Waals surface area contributed by atoms with Crippen molar-refractivity contribution in [2.24, 2.45) is 0 Å². The largest absolute Gasteiger partial charge is 0.506 e. The number of carbonyl (C=O) groups excluding carboxylic acids is 2. The number of para-hydroxylation sites is 1. The minimum atomic E-state index is -0.720. The third kappa shape index (κ3) is 3.42. The highest BCUT2D eigenvalue weighted by Crippen LogP contribution is 2.26. The van der Waals surface area contributed by atoms with Gasteiger partial charge >= 0.3 is 0 Å². The Balaban J connectivity index is 1.92. The number of ketones is 1. The number of rotatable bonds is 5. The van der Waals surface area contributed by atoms with Gasteiger partial charge in [-0.1, -0.05) is 12.1 Å². The van der Waals surface area contributed by atoms with E-state index in [9.17, 15) is 19.1 Å². The normalized spacial score (nSPS) is 10.2. The first-order valence-corrected chi connectivity index (χ1v) is 6.80. The number of benzene rings is 1. The first-order chi connectivity index (χ1) is 9.58. The second-order valence-corrected chi connectivity index (χ2v) is 5.03. The Hall–Kier alpha value is -2.21. The average molecular weight is 293 g/mol. The second-order valence-electron chi connectivity index (χ2n) is 4.08. The van der Waals surface area contributed by atoms with Gasteiger partial charge in [0.15, 0.2) is 11.6 Å². The molecule has 1 amide bonds. The molecule has 2 aromatic rings. The molecular formula is C14H12FNO3S. The standard InChI is InChI=1S/C14H12FNO3S/c15-9-3-1-4-11(18)14(9)16-13(19)7-6-10(17)12-5-2-8-20-12/h1-5,8,18H,6-7H2,(H,16,19). The molecule has 1 aromatic heterocycles. The summed E-state index contributed by atoms with van der Waals surface area (Å²) in [6.07, 6.45) is -0.0218. The van der Waals surface area contributed by atoms with Crippen LogP contribution in [0.5, 0.6) is 5.75 Å². The highest BCUT2D eigenvalue weighted by atomic mass is 32.1. The molecule has 0 fully saturated rings. The molecule has 0 spiro atoms. The lowest BCUT2D eigenvalue weighted by Crippen LogP contribution is -2.14. The van der Waals surface area contributed by atoms with E-state index in [1.165, 1.54) is 23.5 Å². The Bertz CT molecular complexity index is 605. The molecule has 0 bridgehead atoms. The van der Waals surface area contributed by atoms with E-state index in [-0.39, 0.29) is 30.1 Å². The molecule has 0 saturated heterocycles. The first-order valence-electron chi connectivity index (χ1n) is 5.92. The summed E-state index contributed by atoms with van der Waals surface area (Å²) in [5, 5.41) is 13.5. The highest BCUT2D eigenvalue weighted by molar-refractivity contribution is 7.12. The fourth-order valence-electron chi connectivity index (χ4n) is 1.63. The third-order valence-corrected chi connectivity index (χ3v) is 3.54. The zero-order valence-electron chi connectivity index (χ0n) is 10.4. The molecule has 1 heterocycles. The number of carbonyl (C=O) groups is 2. The maximum atomic E-state index is 13.4. The van der Waals surface area contributed by atoms with E-state index in [1.807, 2.05) is 0 Å². The minimum Gasteiger partial charge on any atom is -0.506 e. The number of nitrogens with one attached hydrogen (secondary N) is 1. The Kier molecular flexibility index (Phi) is 4.47. The first kappa shape index (κ1) is 14.2. The van der Waals surface area contributed by atoms with Crippen LogP contribution in [-0.2, 0) is 4.79 Å². The van der Waals surface area contributed by atoms with Gasteiger partial charge in [0.05, 0.1) is 4.88 Å². The summed E-state index contributed by atoms with van der Waals surface area (Å²) in [5.74, 6) is -1.71. The van der Waals surface area contributed by atoms with Crippen LogP contribution in [0, 0.1) is 5.82 Å². The molecule has 2 N–H and O–H groups in total. The van der Waals surface area contributed by atoms with E-state index >= 15 is 0 Å². The number of hydrogen-bond donors (Lipinski definition) is 2. The van der Waals surface area contributed by atoms with E-state index in [2.05, 4.69) is 5.32 Å². The lowest BCUT2D eigenvalue weighted by Gasteiger charge is -2.07. The number of phenolic OH excluding ortho intramolecular Hbond substituents is 1. The third-order valence-electron chi connectivity index (χ3n) is 2.63. The molecule has 0 unspecified atom stereocenters. The number of anilines is 1. The predicted molar refractivity (Wildman–Crippen MR) is 74.6 cm³/mol. The molecule has 1 aromatic carbocycles. The van der Waals surface area contributed by atoms with Crippen molar-refractivity contribution >= 4 is 28.7 Å². The van der Waals surface area contributed by atoms with Crippen LogP contribution in [0.1, 0.15) is 22.5 Å². The van der Waals surface area contributed by atoms with Crippen molar-refractivity contribution in [2.45, 2.75) is 12.8 Å². The Labute approximate surface area is 118 Å².